The van der Waals surface area contributed by atoms with Gasteiger partial charge in [0.1, 0.15) is 0 Å². The van der Waals surface area contributed by atoms with E-state index in [4.69, 9.17) is 4.74 Å². The molecule has 6 heteroatoms. The number of para-hydroxylation sites is 1. The van der Waals surface area contributed by atoms with Gasteiger partial charge < -0.3 is 19.5 Å². The first-order valence-electron chi connectivity index (χ1n) is 7.48. The van der Waals surface area contributed by atoms with E-state index in [-0.39, 0.29) is 17.8 Å². The topological polar surface area (TPSA) is 41.9 Å². The zero-order chi connectivity index (χ0) is 16.1. The van der Waals surface area contributed by atoms with E-state index in [0.29, 0.717) is 17.9 Å². The van der Waals surface area contributed by atoms with Gasteiger partial charge in [-0.1, -0.05) is 18.6 Å². The summed E-state index contributed by atoms with van der Waals surface area (Å²) in [5.41, 5.74) is 0.648. The van der Waals surface area contributed by atoms with Gasteiger partial charge in [0.05, 0.1) is 13.2 Å². The number of nitrogens with zero attached hydrogens (tertiary/aromatic N) is 1. The van der Waals surface area contributed by atoms with E-state index < -0.39 is 6.61 Å². The third-order valence-corrected chi connectivity index (χ3v) is 4.09. The van der Waals surface area contributed by atoms with Crippen LogP contribution in [0.15, 0.2) is 18.2 Å². The predicted octanol–water partition coefficient (Wildman–Crippen LogP) is 2.89. The van der Waals surface area contributed by atoms with Crippen LogP contribution in [0.2, 0.25) is 0 Å². The first-order chi connectivity index (χ1) is 10.5. The zero-order valence-electron chi connectivity index (χ0n) is 13.0. The summed E-state index contributed by atoms with van der Waals surface area (Å²) in [5, 5.41) is 9.89. The van der Waals surface area contributed by atoms with Gasteiger partial charge in [0, 0.05) is 18.7 Å². The van der Waals surface area contributed by atoms with Gasteiger partial charge in [-0.3, -0.25) is 0 Å². The fourth-order valence-corrected chi connectivity index (χ4v) is 3.06. The summed E-state index contributed by atoms with van der Waals surface area (Å²) in [6.45, 7) is -1.70. The molecular weight excluding hydrogens is 292 g/mol. The van der Waals surface area contributed by atoms with Gasteiger partial charge in [-0.2, -0.15) is 8.78 Å². The van der Waals surface area contributed by atoms with Crippen LogP contribution in [0, 0.1) is 5.92 Å². The molecule has 0 aliphatic heterocycles. The second kappa shape index (κ2) is 7.74. The third kappa shape index (κ3) is 4.30. The largest absolute Gasteiger partial charge is 0.493 e. The van der Waals surface area contributed by atoms with Gasteiger partial charge >= 0.3 is 6.61 Å². The summed E-state index contributed by atoms with van der Waals surface area (Å²) in [4.78, 5) is 2.02. The number of halogens is 2. The fraction of sp³-hybridized carbons (Fsp3) is 0.625. The Bertz CT molecular complexity index is 484. The van der Waals surface area contributed by atoms with Crippen molar-refractivity contribution in [1.29, 1.82) is 0 Å². The fourth-order valence-electron chi connectivity index (χ4n) is 3.06. The van der Waals surface area contributed by atoms with Crippen molar-refractivity contribution in [2.75, 3.05) is 20.7 Å². The lowest BCUT2D eigenvalue weighted by Crippen LogP contribution is -2.29. The summed E-state index contributed by atoms with van der Waals surface area (Å²) < 4.78 is 34.9. The number of benzene rings is 1. The lowest BCUT2D eigenvalue weighted by atomic mass is 10.1. The van der Waals surface area contributed by atoms with Crippen LogP contribution in [0.25, 0.3) is 0 Å². The Balaban J connectivity index is 2.07. The summed E-state index contributed by atoms with van der Waals surface area (Å²) in [6, 6.07) is 5.11. The molecule has 124 valence electrons. The molecule has 0 bridgehead atoms. The van der Waals surface area contributed by atoms with Crippen LogP contribution in [0.1, 0.15) is 24.8 Å². The van der Waals surface area contributed by atoms with Gasteiger partial charge in [0.25, 0.3) is 0 Å². The summed E-state index contributed by atoms with van der Waals surface area (Å²) in [7, 11) is 3.34. The van der Waals surface area contributed by atoms with E-state index in [1.54, 1.807) is 18.2 Å². The minimum Gasteiger partial charge on any atom is -0.493 e. The van der Waals surface area contributed by atoms with Crippen molar-refractivity contribution >= 4 is 0 Å². The van der Waals surface area contributed by atoms with Gasteiger partial charge in [-0.15, -0.1) is 0 Å². The second-order valence-electron chi connectivity index (χ2n) is 5.78. The Kier molecular flexibility index (Phi) is 5.97. The SMILES string of the molecule is COc1cccc(CN(C)CC2CCCC2O)c1OC(F)F. The predicted molar refractivity (Wildman–Crippen MR) is 79.3 cm³/mol. The maximum Gasteiger partial charge on any atom is 0.387 e. The van der Waals surface area contributed by atoms with Crippen LogP contribution in [0.3, 0.4) is 0 Å². The Morgan fingerprint density at radius 1 is 1.36 bits per heavy atom. The maximum absolute atomic E-state index is 12.6. The molecule has 1 aromatic rings. The van der Waals surface area contributed by atoms with E-state index in [1.807, 2.05) is 11.9 Å². The number of ether oxygens (including phenoxy) is 2. The first-order valence-corrected chi connectivity index (χ1v) is 7.48. The van der Waals surface area contributed by atoms with Gasteiger partial charge in [0.15, 0.2) is 11.5 Å². The van der Waals surface area contributed by atoms with Crippen LogP contribution in [-0.4, -0.2) is 43.4 Å². The van der Waals surface area contributed by atoms with Crippen LogP contribution in [0.4, 0.5) is 8.78 Å². The van der Waals surface area contributed by atoms with E-state index in [9.17, 15) is 13.9 Å². The monoisotopic (exact) mass is 315 g/mol. The Labute approximate surface area is 129 Å². The van der Waals surface area contributed by atoms with Crippen LogP contribution < -0.4 is 9.47 Å². The van der Waals surface area contributed by atoms with Crippen molar-refractivity contribution in [1.82, 2.24) is 4.90 Å². The molecule has 0 radical (unpaired) electrons. The second-order valence-corrected chi connectivity index (χ2v) is 5.78. The van der Waals surface area contributed by atoms with Crippen molar-refractivity contribution in [2.45, 2.75) is 38.5 Å². The molecule has 2 unspecified atom stereocenters. The number of aliphatic hydroxyl groups excluding tert-OH is 1. The Hall–Kier alpha value is -1.40. The zero-order valence-corrected chi connectivity index (χ0v) is 13.0. The quantitative estimate of drug-likeness (QED) is 0.840. The molecule has 0 heterocycles. The average Bonchev–Trinajstić information content (AvgIpc) is 2.85. The Morgan fingerprint density at radius 3 is 2.73 bits per heavy atom. The number of aliphatic hydroxyl groups is 1. The molecule has 1 aliphatic carbocycles. The average molecular weight is 315 g/mol. The highest BCUT2D eigenvalue weighted by atomic mass is 19.3. The minimum absolute atomic E-state index is 0.0822. The molecule has 0 saturated heterocycles. The standard InChI is InChI=1S/C16H23F2NO3/c1-19(9-11-5-3-7-13(11)20)10-12-6-4-8-14(21-2)15(12)22-16(17)18/h4,6,8,11,13,16,20H,3,5,7,9-10H2,1-2H3. The maximum atomic E-state index is 12.6. The summed E-state index contributed by atoms with van der Waals surface area (Å²) >= 11 is 0. The Morgan fingerprint density at radius 2 is 2.14 bits per heavy atom. The minimum atomic E-state index is -2.89. The highest BCUT2D eigenvalue weighted by Crippen LogP contribution is 2.33. The molecule has 2 rings (SSSR count). The molecule has 1 fully saturated rings. The number of methoxy groups -OCH3 is 1. The highest BCUT2D eigenvalue weighted by Gasteiger charge is 2.26. The smallest absolute Gasteiger partial charge is 0.387 e. The van der Waals surface area contributed by atoms with Gasteiger partial charge in [-0.05, 0) is 31.9 Å². The normalized spacial score (nSPS) is 21.6. The molecular formula is C16H23F2NO3. The van der Waals surface area contributed by atoms with E-state index in [0.717, 1.165) is 25.8 Å². The van der Waals surface area contributed by atoms with Crippen molar-refractivity contribution < 1.29 is 23.4 Å². The van der Waals surface area contributed by atoms with Crippen LogP contribution in [-0.2, 0) is 6.54 Å². The molecule has 1 N–H and O–H groups in total. The van der Waals surface area contributed by atoms with Crippen molar-refractivity contribution in [3.63, 3.8) is 0 Å². The highest BCUT2D eigenvalue weighted by molar-refractivity contribution is 5.46. The number of rotatable bonds is 7. The molecule has 0 aromatic heterocycles. The summed E-state index contributed by atoms with van der Waals surface area (Å²) in [6.07, 6.45) is 2.63. The molecule has 1 saturated carbocycles. The van der Waals surface area contributed by atoms with E-state index in [2.05, 4.69) is 4.74 Å². The molecule has 2 atom stereocenters. The molecule has 1 aromatic carbocycles. The molecule has 4 nitrogen and oxygen atoms in total. The van der Waals surface area contributed by atoms with Gasteiger partial charge in [-0.25, -0.2) is 0 Å². The van der Waals surface area contributed by atoms with E-state index >= 15 is 0 Å². The number of hydrogen-bond acceptors (Lipinski definition) is 4. The number of hydrogen-bond donors (Lipinski definition) is 1. The van der Waals surface area contributed by atoms with Crippen LogP contribution >= 0.6 is 0 Å². The van der Waals surface area contributed by atoms with Crippen molar-refractivity contribution in [3.8, 4) is 11.5 Å². The van der Waals surface area contributed by atoms with Crippen molar-refractivity contribution in [2.24, 2.45) is 5.92 Å². The molecule has 0 spiro atoms. The molecule has 1 aliphatic rings. The lowest BCUT2D eigenvalue weighted by Gasteiger charge is -2.24. The first kappa shape index (κ1) is 17.0. The third-order valence-electron chi connectivity index (χ3n) is 4.09. The van der Waals surface area contributed by atoms with Gasteiger partial charge in [0.2, 0.25) is 0 Å². The lowest BCUT2D eigenvalue weighted by molar-refractivity contribution is -0.0521. The molecule has 22 heavy (non-hydrogen) atoms. The van der Waals surface area contributed by atoms with E-state index in [1.165, 1.54) is 7.11 Å². The molecule has 0 amide bonds. The van der Waals surface area contributed by atoms with Crippen molar-refractivity contribution in [3.05, 3.63) is 23.8 Å². The van der Waals surface area contributed by atoms with Crippen LogP contribution in [0.5, 0.6) is 11.5 Å². The summed E-state index contributed by atoms with van der Waals surface area (Å²) in [5.74, 6) is 0.626. The number of alkyl halides is 2.